The molecule has 2 heteroatoms. The molecule has 4 fully saturated rings. The van der Waals surface area contributed by atoms with Crippen LogP contribution in [-0.4, -0.2) is 13.1 Å². The fourth-order valence-electron chi connectivity index (χ4n) is 4.86. The van der Waals surface area contributed by atoms with E-state index in [9.17, 15) is 4.80 Å². The lowest BCUT2D eigenvalue weighted by Gasteiger charge is -2.60. The van der Waals surface area contributed by atoms with Crippen LogP contribution in [0.2, 0.25) is 18.1 Å². The Labute approximate surface area is 88.0 Å². The average Bonchev–Trinajstić information content (AvgIpc) is 1.98. The highest BCUT2D eigenvalue weighted by Crippen LogP contribution is 2.66. The summed E-state index contributed by atoms with van der Waals surface area (Å²) in [5.74, 6) is 2.96. The van der Waals surface area contributed by atoms with Gasteiger partial charge in [-0.15, -0.1) is 0 Å². The third-order valence-corrected chi connectivity index (χ3v) is 8.54. The molecule has 1 nitrogen and oxygen atoms in total. The molecule has 4 rings (SSSR count). The van der Waals surface area contributed by atoms with E-state index in [0.717, 1.165) is 17.8 Å². The molecule has 4 aliphatic rings. The highest BCUT2D eigenvalue weighted by Gasteiger charge is 2.57. The van der Waals surface area contributed by atoms with Crippen molar-refractivity contribution in [1.82, 2.24) is 0 Å². The van der Waals surface area contributed by atoms with Crippen molar-refractivity contribution in [2.45, 2.75) is 56.7 Å². The quantitative estimate of drug-likeness (QED) is 0.659. The Bertz CT molecular complexity index is 218. The minimum absolute atomic E-state index is 0.432. The maximum Gasteiger partial charge on any atom is 0.188 e. The van der Waals surface area contributed by atoms with Crippen LogP contribution < -0.4 is 0 Å². The second-order valence-corrected chi connectivity index (χ2v) is 10.9. The van der Waals surface area contributed by atoms with E-state index < -0.39 is 8.32 Å². The smallest absolute Gasteiger partial charge is 0.188 e. The summed E-state index contributed by atoms with van der Waals surface area (Å²) in [6.45, 7) is 4.36. The van der Waals surface area contributed by atoms with Crippen LogP contribution in [0.15, 0.2) is 0 Å². The third kappa shape index (κ3) is 1.16. The lowest BCUT2D eigenvalue weighted by molar-refractivity contribution is 0.0189. The predicted molar refractivity (Wildman–Crippen MR) is 60.6 cm³/mol. The van der Waals surface area contributed by atoms with Gasteiger partial charge in [-0.1, -0.05) is 0 Å². The SMILES string of the molecule is C[Si](C)(O)C12CC3CC(CC(C3)C1)C2. The average molecular weight is 210 g/mol. The molecule has 4 bridgehead atoms. The van der Waals surface area contributed by atoms with Gasteiger partial charge >= 0.3 is 0 Å². The van der Waals surface area contributed by atoms with Gasteiger partial charge in [-0.05, 0) is 74.4 Å². The molecule has 4 aliphatic carbocycles. The molecule has 0 aromatic carbocycles. The van der Waals surface area contributed by atoms with E-state index in [1.807, 2.05) is 0 Å². The van der Waals surface area contributed by atoms with E-state index in [0.29, 0.717) is 5.04 Å². The first-order valence-electron chi connectivity index (χ1n) is 6.21. The van der Waals surface area contributed by atoms with E-state index >= 15 is 0 Å². The van der Waals surface area contributed by atoms with E-state index in [-0.39, 0.29) is 0 Å². The summed E-state index contributed by atoms with van der Waals surface area (Å²) >= 11 is 0. The Balaban J connectivity index is 1.95. The van der Waals surface area contributed by atoms with E-state index in [1.54, 1.807) is 0 Å². The van der Waals surface area contributed by atoms with E-state index in [4.69, 9.17) is 0 Å². The van der Waals surface area contributed by atoms with Gasteiger partial charge in [-0.3, -0.25) is 0 Å². The molecule has 14 heavy (non-hydrogen) atoms. The Morgan fingerprint density at radius 2 is 1.29 bits per heavy atom. The molecule has 0 aliphatic heterocycles. The van der Waals surface area contributed by atoms with Crippen molar-refractivity contribution < 1.29 is 4.80 Å². The van der Waals surface area contributed by atoms with Crippen molar-refractivity contribution in [1.29, 1.82) is 0 Å². The summed E-state index contributed by atoms with van der Waals surface area (Å²) in [5.41, 5.74) is 0. The van der Waals surface area contributed by atoms with Crippen molar-refractivity contribution in [3.05, 3.63) is 0 Å². The van der Waals surface area contributed by atoms with Crippen molar-refractivity contribution in [3.63, 3.8) is 0 Å². The maximum atomic E-state index is 10.5. The standard InChI is InChI=1S/C12H22OSi/c1-14(2,13)12-6-9-3-10(7-12)5-11(4-9)8-12/h9-11,13H,3-8H2,1-2H3. The van der Waals surface area contributed by atoms with Crippen LogP contribution in [0.3, 0.4) is 0 Å². The molecular weight excluding hydrogens is 188 g/mol. The first kappa shape index (κ1) is 9.41. The summed E-state index contributed by atoms with van der Waals surface area (Å²) in [6, 6.07) is 0. The molecule has 0 aromatic rings. The number of rotatable bonds is 1. The molecule has 0 spiro atoms. The maximum absolute atomic E-state index is 10.5. The highest BCUT2D eigenvalue weighted by atomic mass is 28.4. The molecule has 0 amide bonds. The van der Waals surface area contributed by atoms with Gasteiger partial charge in [0.1, 0.15) is 0 Å². The predicted octanol–water partition coefficient (Wildman–Crippen LogP) is 3.15. The molecule has 4 saturated carbocycles. The Kier molecular flexibility index (Phi) is 1.78. The summed E-state index contributed by atoms with van der Waals surface area (Å²) in [5, 5.41) is 0.432. The second-order valence-electron chi connectivity index (χ2n) is 6.76. The van der Waals surface area contributed by atoms with E-state index in [1.165, 1.54) is 38.5 Å². The van der Waals surface area contributed by atoms with Crippen LogP contribution in [0.1, 0.15) is 38.5 Å². The van der Waals surface area contributed by atoms with Crippen molar-refractivity contribution in [2.75, 3.05) is 0 Å². The van der Waals surface area contributed by atoms with Crippen molar-refractivity contribution in [3.8, 4) is 0 Å². The Morgan fingerprint density at radius 1 is 0.929 bits per heavy atom. The van der Waals surface area contributed by atoms with Gasteiger partial charge in [0.15, 0.2) is 8.32 Å². The van der Waals surface area contributed by atoms with Gasteiger partial charge in [0, 0.05) is 0 Å². The normalized spacial score (nSPS) is 51.2. The van der Waals surface area contributed by atoms with Crippen LogP contribution in [0, 0.1) is 17.8 Å². The summed E-state index contributed by atoms with van der Waals surface area (Å²) < 4.78 is 0. The number of hydrogen-bond acceptors (Lipinski definition) is 1. The molecule has 0 radical (unpaired) electrons. The fourth-order valence-corrected chi connectivity index (χ4v) is 7.22. The monoisotopic (exact) mass is 210 g/mol. The summed E-state index contributed by atoms with van der Waals surface area (Å²) in [7, 11) is -1.91. The minimum atomic E-state index is -1.91. The lowest BCUT2D eigenvalue weighted by Crippen LogP contribution is -2.54. The Hall–Kier alpha value is 0.177. The van der Waals surface area contributed by atoms with Gasteiger partial charge in [-0.2, -0.15) is 0 Å². The molecule has 0 aromatic heterocycles. The fraction of sp³-hybridized carbons (Fsp3) is 1.00. The topological polar surface area (TPSA) is 20.2 Å². The first-order chi connectivity index (χ1) is 6.48. The van der Waals surface area contributed by atoms with Crippen LogP contribution in [0.25, 0.3) is 0 Å². The van der Waals surface area contributed by atoms with Crippen LogP contribution in [0.4, 0.5) is 0 Å². The number of hydrogen-bond donors (Lipinski definition) is 1. The summed E-state index contributed by atoms with van der Waals surface area (Å²) in [4.78, 5) is 10.5. The molecule has 80 valence electrons. The minimum Gasteiger partial charge on any atom is -0.432 e. The molecule has 0 atom stereocenters. The largest absolute Gasteiger partial charge is 0.432 e. The van der Waals surface area contributed by atoms with Gasteiger partial charge in [0.25, 0.3) is 0 Å². The molecule has 0 unspecified atom stereocenters. The van der Waals surface area contributed by atoms with Crippen molar-refractivity contribution >= 4 is 8.32 Å². The zero-order chi connectivity index (χ0) is 9.97. The summed E-state index contributed by atoms with van der Waals surface area (Å²) in [6.07, 6.45) is 8.58. The lowest BCUT2D eigenvalue weighted by atomic mass is 9.56. The van der Waals surface area contributed by atoms with Crippen LogP contribution in [0.5, 0.6) is 0 Å². The molecule has 0 saturated heterocycles. The zero-order valence-corrected chi connectivity index (χ0v) is 10.4. The molecular formula is C12H22OSi. The highest BCUT2D eigenvalue weighted by molar-refractivity contribution is 6.73. The molecule has 1 N–H and O–H groups in total. The van der Waals surface area contributed by atoms with E-state index in [2.05, 4.69) is 13.1 Å². The third-order valence-electron chi connectivity index (χ3n) is 5.34. The van der Waals surface area contributed by atoms with Gasteiger partial charge in [-0.25, -0.2) is 0 Å². The van der Waals surface area contributed by atoms with Gasteiger partial charge < -0.3 is 4.80 Å². The second kappa shape index (κ2) is 2.65. The van der Waals surface area contributed by atoms with Crippen LogP contribution >= 0.6 is 0 Å². The van der Waals surface area contributed by atoms with Gasteiger partial charge in [0.2, 0.25) is 0 Å². The first-order valence-corrected chi connectivity index (χ1v) is 9.16. The van der Waals surface area contributed by atoms with Crippen LogP contribution in [-0.2, 0) is 0 Å². The molecule has 0 heterocycles. The Morgan fingerprint density at radius 3 is 1.57 bits per heavy atom. The zero-order valence-electron chi connectivity index (χ0n) is 9.42. The van der Waals surface area contributed by atoms with Crippen molar-refractivity contribution in [2.24, 2.45) is 17.8 Å². The van der Waals surface area contributed by atoms with Gasteiger partial charge in [0.05, 0.1) is 0 Å².